The molecule has 0 aliphatic carbocycles. The summed E-state index contributed by atoms with van der Waals surface area (Å²) in [5.41, 5.74) is 0.529. The first kappa shape index (κ1) is 15.6. The number of rotatable bonds is 2. The van der Waals surface area contributed by atoms with E-state index in [4.69, 9.17) is 27.9 Å². The highest BCUT2D eigenvalue weighted by molar-refractivity contribution is 7.20. The zero-order valence-electron chi connectivity index (χ0n) is 11.8. The summed E-state index contributed by atoms with van der Waals surface area (Å²) >= 11 is 13.3. The van der Waals surface area contributed by atoms with E-state index in [9.17, 15) is 4.79 Å². The van der Waals surface area contributed by atoms with Crippen LogP contribution in [-0.4, -0.2) is 61.1 Å². The van der Waals surface area contributed by atoms with Crippen LogP contribution in [-0.2, 0) is 4.74 Å². The van der Waals surface area contributed by atoms with Gasteiger partial charge >= 0.3 is 0 Å². The van der Waals surface area contributed by atoms with Crippen LogP contribution >= 0.6 is 34.5 Å². The molecule has 2 fully saturated rings. The summed E-state index contributed by atoms with van der Waals surface area (Å²) in [5.74, 6) is 0.450. The second-order valence-corrected chi connectivity index (χ2v) is 7.93. The van der Waals surface area contributed by atoms with E-state index in [1.165, 1.54) is 11.3 Å². The molecule has 0 radical (unpaired) electrons. The van der Waals surface area contributed by atoms with Crippen LogP contribution in [0.2, 0.25) is 8.67 Å². The van der Waals surface area contributed by atoms with Gasteiger partial charge in [0.1, 0.15) is 4.34 Å². The molecule has 2 aliphatic rings. The summed E-state index contributed by atoms with van der Waals surface area (Å²) in [4.78, 5) is 16.9. The molecule has 2 unspecified atom stereocenters. The molecule has 1 aromatic heterocycles. The minimum Gasteiger partial charge on any atom is -0.379 e. The lowest BCUT2D eigenvalue weighted by Gasteiger charge is -2.33. The number of hydrogen-bond donors (Lipinski definition) is 0. The number of amides is 1. The summed E-state index contributed by atoms with van der Waals surface area (Å²) in [6.07, 6.45) is 0. The van der Waals surface area contributed by atoms with E-state index in [1.807, 2.05) is 4.90 Å². The van der Waals surface area contributed by atoms with Gasteiger partial charge in [0.2, 0.25) is 0 Å². The summed E-state index contributed by atoms with van der Waals surface area (Å²) in [5, 5.41) is 0. The van der Waals surface area contributed by atoms with Gasteiger partial charge in [0.25, 0.3) is 5.91 Å². The molecule has 0 aromatic carbocycles. The molecule has 1 aromatic rings. The van der Waals surface area contributed by atoms with E-state index in [0.717, 1.165) is 39.4 Å². The maximum Gasteiger partial charge on any atom is 0.256 e. The van der Waals surface area contributed by atoms with Crippen molar-refractivity contribution >= 4 is 40.4 Å². The van der Waals surface area contributed by atoms with E-state index in [0.29, 0.717) is 26.2 Å². The predicted octanol–water partition coefficient (Wildman–Crippen LogP) is 2.85. The molecular formula is C14H18Cl2N2O2S. The van der Waals surface area contributed by atoms with Crippen LogP contribution in [0.5, 0.6) is 0 Å². The first-order valence-corrected chi connectivity index (χ1v) is 8.69. The summed E-state index contributed by atoms with van der Waals surface area (Å²) in [6.45, 7) is 7.18. The molecule has 2 atom stereocenters. The number of morpholine rings is 1. The molecule has 3 heterocycles. The van der Waals surface area contributed by atoms with E-state index in [-0.39, 0.29) is 5.91 Å². The van der Waals surface area contributed by atoms with Gasteiger partial charge < -0.3 is 9.64 Å². The van der Waals surface area contributed by atoms with Crippen LogP contribution in [0.4, 0.5) is 0 Å². The highest BCUT2D eigenvalue weighted by Gasteiger charge is 2.37. The molecule has 0 N–H and O–H groups in total. The lowest BCUT2D eigenvalue weighted by atomic mass is 10.0. The number of carbonyl (C=O) groups is 1. The Hall–Kier alpha value is -0.330. The summed E-state index contributed by atoms with van der Waals surface area (Å²) in [7, 11) is 0. The number of carbonyl (C=O) groups excluding carboxylic acids is 1. The van der Waals surface area contributed by atoms with Crippen molar-refractivity contribution in [2.24, 2.45) is 5.92 Å². The van der Waals surface area contributed by atoms with Gasteiger partial charge in [0.05, 0.1) is 23.1 Å². The van der Waals surface area contributed by atoms with E-state index >= 15 is 0 Å². The van der Waals surface area contributed by atoms with E-state index in [1.54, 1.807) is 6.07 Å². The fourth-order valence-corrected chi connectivity index (χ4v) is 4.60. The second-order valence-electron chi connectivity index (χ2n) is 5.64. The molecule has 3 rings (SSSR count). The average Bonchev–Trinajstić information content (AvgIpc) is 3.02. The van der Waals surface area contributed by atoms with Gasteiger partial charge in [0.15, 0.2) is 0 Å². The van der Waals surface area contributed by atoms with Crippen molar-refractivity contribution in [3.8, 4) is 0 Å². The van der Waals surface area contributed by atoms with Crippen LogP contribution in [0, 0.1) is 5.92 Å². The maximum atomic E-state index is 12.6. The quantitative estimate of drug-likeness (QED) is 0.823. The first-order valence-electron chi connectivity index (χ1n) is 7.12. The van der Waals surface area contributed by atoms with Gasteiger partial charge in [-0.2, -0.15) is 0 Å². The number of thiophene rings is 1. The Kier molecular flexibility index (Phi) is 4.76. The Morgan fingerprint density at radius 3 is 2.67 bits per heavy atom. The molecule has 4 nitrogen and oxygen atoms in total. The molecular weight excluding hydrogens is 331 g/mol. The number of nitrogens with zero attached hydrogens (tertiary/aromatic N) is 2. The Balaban J connectivity index is 1.70. The molecule has 0 bridgehead atoms. The Morgan fingerprint density at radius 2 is 2.05 bits per heavy atom. The van der Waals surface area contributed by atoms with E-state index in [2.05, 4.69) is 11.8 Å². The average molecular weight is 349 g/mol. The van der Waals surface area contributed by atoms with Crippen LogP contribution in [0.1, 0.15) is 17.3 Å². The van der Waals surface area contributed by atoms with E-state index < -0.39 is 0 Å². The van der Waals surface area contributed by atoms with Crippen molar-refractivity contribution in [3.05, 3.63) is 20.3 Å². The third-order valence-electron chi connectivity index (χ3n) is 4.26. The van der Waals surface area contributed by atoms with Crippen LogP contribution in [0.3, 0.4) is 0 Å². The third kappa shape index (κ3) is 3.22. The maximum absolute atomic E-state index is 12.6. The fourth-order valence-electron chi connectivity index (χ4n) is 3.16. The molecule has 116 valence electrons. The lowest BCUT2D eigenvalue weighted by molar-refractivity contribution is 0.0119. The van der Waals surface area contributed by atoms with Crippen LogP contribution < -0.4 is 0 Å². The van der Waals surface area contributed by atoms with Crippen LogP contribution in [0.15, 0.2) is 6.07 Å². The normalized spacial score (nSPS) is 27.3. The van der Waals surface area contributed by atoms with Crippen molar-refractivity contribution in [2.75, 3.05) is 39.4 Å². The monoisotopic (exact) mass is 348 g/mol. The van der Waals surface area contributed by atoms with Gasteiger partial charge in [-0.1, -0.05) is 30.1 Å². The summed E-state index contributed by atoms with van der Waals surface area (Å²) < 4.78 is 6.44. The number of hydrogen-bond acceptors (Lipinski definition) is 4. The van der Waals surface area contributed by atoms with Crippen molar-refractivity contribution < 1.29 is 9.53 Å². The van der Waals surface area contributed by atoms with Crippen molar-refractivity contribution in [1.82, 2.24) is 9.80 Å². The Morgan fingerprint density at radius 1 is 1.33 bits per heavy atom. The third-order valence-corrected chi connectivity index (χ3v) is 5.75. The molecule has 21 heavy (non-hydrogen) atoms. The van der Waals surface area contributed by atoms with Crippen molar-refractivity contribution in [1.29, 1.82) is 0 Å². The lowest BCUT2D eigenvalue weighted by Crippen LogP contribution is -2.47. The smallest absolute Gasteiger partial charge is 0.256 e. The van der Waals surface area contributed by atoms with Crippen molar-refractivity contribution in [3.63, 3.8) is 0 Å². The van der Waals surface area contributed by atoms with Crippen molar-refractivity contribution in [2.45, 2.75) is 13.0 Å². The summed E-state index contributed by atoms with van der Waals surface area (Å²) in [6, 6.07) is 2.08. The Bertz CT molecular complexity index is 531. The zero-order valence-corrected chi connectivity index (χ0v) is 14.2. The van der Waals surface area contributed by atoms with Crippen LogP contribution in [0.25, 0.3) is 0 Å². The highest BCUT2D eigenvalue weighted by Crippen LogP contribution is 2.33. The van der Waals surface area contributed by atoms with Gasteiger partial charge in [-0.05, 0) is 12.0 Å². The molecule has 1 amide bonds. The molecule has 2 saturated heterocycles. The predicted molar refractivity (Wildman–Crippen MR) is 85.6 cm³/mol. The largest absolute Gasteiger partial charge is 0.379 e. The minimum absolute atomic E-state index is 0.00856. The highest BCUT2D eigenvalue weighted by atomic mass is 35.5. The number of likely N-dealkylation sites (tertiary alicyclic amines) is 1. The van der Waals surface area contributed by atoms with Gasteiger partial charge in [-0.3, -0.25) is 9.69 Å². The molecule has 0 spiro atoms. The van der Waals surface area contributed by atoms with Gasteiger partial charge in [0, 0.05) is 32.2 Å². The SMILES string of the molecule is CC1CN(C(=O)c2cc(Cl)sc2Cl)CC1N1CCOCC1. The minimum atomic E-state index is -0.00856. The van der Waals surface area contributed by atoms with Gasteiger partial charge in [-0.15, -0.1) is 11.3 Å². The molecule has 7 heteroatoms. The number of halogens is 2. The Labute approximate surface area is 138 Å². The fraction of sp³-hybridized carbons (Fsp3) is 0.643. The second kappa shape index (κ2) is 6.42. The topological polar surface area (TPSA) is 32.8 Å². The number of ether oxygens (including phenoxy) is 1. The standard InChI is InChI=1S/C14H18Cl2N2O2S/c1-9-7-18(8-11(9)17-2-4-20-5-3-17)14(19)10-6-12(15)21-13(10)16/h6,9,11H,2-5,7-8H2,1H3. The zero-order chi connectivity index (χ0) is 15.0. The van der Waals surface area contributed by atoms with Gasteiger partial charge in [-0.25, -0.2) is 0 Å². The molecule has 2 aliphatic heterocycles. The molecule has 0 saturated carbocycles. The first-order chi connectivity index (χ1) is 10.1.